The van der Waals surface area contributed by atoms with Crippen LogP contribution in [-0.2, 0) is 14.8 Å². The number of rotatable bonds is 5. The fourth-order valence-electron chi connectivity index (χ4n) is 3.74. The highest BCUT2D eigenvalue weighted by molar-refractivity contribution is 7.92. The SMILES string of the molecule is Cc1ccc(S(=O)(=O)N2CC(C(=O)Nc3ccc(C(C)C)cc3)Oc3ccc(C)cc32)cc1. The Morgan fingerprint density at radius 3 is 2.24 bits per heavy atom. The molecule has 1 aliphatic rings. The normalized spacial score (nSPS) is 15.7. The quantitative estimate of drug-likeness (QED) is 0.575. The number of benzene rings is 3. The van der Waals surface area contributed by atoms with Crippen LogP contribution in [0.25, 0.3) is 0 Å². The highest BCUT2D eigenvalue weighted by atomic mass is 32.2. The topological polar surface area (TPSA) is 75.7 Å². The second-order valence-corrected chi connectivity index (χ2v) is 10.6. The Hall–Kier alpha value is -3.32. The molecule has 6 nitrogen and oxygen atoms in total. The Labute approximate surface area is 195 Å². The first kappa shape index (κ1) is 22.9. The smallest absolute Gasteiger partial charge is 0.267 e. The molecule has 172 valence electrons. The van der Waals surface area contributed by atoms with E-state index in [2.05, 4.69) is 19.2 Å². The highest BCUT2D eigenvalue weighted by Gasteiger charge is 2.37. The summed E-state index contributed by atoms with van der Waals surface area (Å²) in [5.74, 6) is 0.345. The molecule has 0 spiro atoms. The van der Waals surface area contributed by atoms with Crippen LogP contribution in [0.3, 0.4) is 0 Å². The van der Waals surface area contributed by atoms with Gasteiger partial charge in [-0.3, -0.25) is 9.10 Å². The van der Waals surface area contributed by atoms with Gasteiger partial charge in [0, 0.05) is 5.69 Å². The molecular formula is C26H28N2O4S. The van der Waals surface area contributed by atoms with Gasteiger partial charge in [0.15, 0.2) is 6.10 Å². The summed E-state index contributed by atoms with van der Waals surface area (Å²) < 4.78 is 34.3. The summed E-state index contributed by atoms with van der Waals surface area (Å²) in [5.41, 5.74) is 4.10. The monoisotopic (exact) mass is 464 g/mol. The van der Waals surface area contributed by atoms with E-state index >= 15 is 0 Å². The Morgan fingerprint density at radius 1 is 0.970 bits per heavy atom. The average Bonchev–Trinajstić information content (AvgIpc) is 2.79. The summed E-state index contributed by atoms with van der Waals surface area (Å²) in [6, 6.07) is 19.6. The maximum absolute atomic E-state index is 13.5. The zero-order valence-corrected chi connectivity index (χ0v) is 20.0. The van der Waals surface area contributed by atoms with Gasteiger partial charge in [-0.2, -0.15) is 0 Å². The van der Waals surface area contributed by atoms with Crippen LogP contribution < -0.4 is 14.4 Å². The summed E-state index contributed by atoms with van der Waals surface area (Å²) in [7, 11) is -3.89. The van der Waals surface area contributed by atoms with Crippen LogP contribution in [0.2, 0.25) is 0 Å². The van der Waals surface area contributed by atoms with E-state index in [1.807, 2.05) is 44.2 Å². The van der Waals surface area contributed by atoms with E-state index < -0.39 is 22.0 Å². The molecule has 3 aromatic rings. The molecule has 1 atom stereocenters. The number of amides is 1. The number of aryl methyl sites for hydroxylation is 2. The molecule has 1 heterocycles. The predicted molar refractivity (Wildman–Crippen MR) is 130 cm³/mol. The number of carbonyl (C=O) groups excluding carboxylic acids is 1. The van der Waals surface area contributed by atoms with Gasteiger partial charge in [0.2, 0.25) is 0 Å². The number of hydrogen-bond donors (Lipinski definition) is 1. The van der Waals surface area contributed by atoms with Crippen molar-refractivity contribution in [1.82, 2.24) is 0 Å². The van der Waals surface area contributed by atoms with E-state index in [0.29, 0.717) is 23.0 Å². The third-order valence-corrected chi connectivity index (χ3v) is 7.52. The fourth-order valence-corrected chi connectivity index (χ4v) is 5.20. The Kier molecular flexibility index (Phi) is 6.17. The Morgan fingerprint density at radius 2 is 1.61 bits per heavy atom. The molecule has 3 aromatic carbocycles. The van der Waals surface area contributed by atoms with Gasteiger partial charge >= 0.3 is 0 Å². The molecule has 33 heavy (non-hydrogen) atoms. The van der Waals surface area contributed by atoms with Crippen molar-refractivity contribution in [2.45, 2.75) is 44.6 Å². The lowest BCUT2D eigenvalue weighted by atomic mass is 10.0. The minimum absolute atomic E-state index is 0.122. The van der Waals surface area contributed by atoms with E-state index in [-0.39, 0.29) is 11.4 Å². The standard InChI is InChI=1S/C26H28N2O4S/c1-17(2)20-8-10-21(11-9-20)27-26(29)25-16-28(23-15-19(4)7-14-24(23)32-25)33(30,31)22-12-5-18(3)6-13-22/h5-15,17,25H,16H2,1-4H3,(H,27,29). The molecule has 0 saturated heterocycles. The van der Waals surface area contributed by atoms with E-state index in [4.69, 9.17) is 4.74 Å². The van der Waals surface area contributed by atoms with E-state index in [0.717, 1.165) is 11.1 Å². The third kappa shape index (κ3) is 4.73. The van der Waals surface area contributed by atoms with Crippen molar-refractivity contribution < 1.29 is 17.9 Å². The van der Waals surface area contributed by atoms with Crippen molar-refractivity contribution in [2.75, 3.05) is 16.2 Å². The largest absolute Gasteiger partial charge is 0.476 e. The minimum atomic E-state index is -3.89. The van der Waals surface area contributed by atoms with Crippen molar-refractivity contribution in [1.29, 1.82) is 0 Å². The maximum Gasteiger partial charge on any atom is 0.267 e. The predicted octanol–water partition coefficient (Wildman–Crippen LogP) is 5.02. The fraction of sp³-hybridized carbons (Fsp3) is 0.269. The lowest BCUT2D eigenvalue weighted by molar-refractivity contribution is -0.122. The molecule has 1 aliphatic heterocycles. The van der Waals surface area contributed by atoms with Crippen LogP contribution in [0.4, 0.5) is 11.4 Å². The summed E-state index contributed by atoms with van der Waals surface area (Å²) in [5, 5.41) is 2.85. The molecule has 0 fully saturated rings. The van der Waals surface area contributed by atoms with Crippen LogP contribution in [0, 0.1) is 13.8 Å². The van der Waals surface area contributed by atoms with Crippen LogP contribution in [0.15, 0.2) is 71.6 Å². The molecule has 4 rings (SSSR count). The first-order chi connectivity index (χ1) is 15.6. The number of anilines is 2. The van der Waals surface area contributed by atoms with E-state index in [9.17, 15) is 13.2 Å². The van der Waals surface area contributed by atoms with Crippen LogP contribution in [0.1, 0.15) is 36.5 Å². The van der Waals surface area contributed by atoms with Gasteiger partial charge in [-0.15, -0.1) is 0 Å². The van der Waals surface area contributed by atoms with Crippen molar-refractivity contribution in [2.24, 2.45) is 0 Å². The van der Waals surface area contributed by atoms with Crippen LogP contribution >= 0.6 is 0 Å². The van der Waals surface area contributed by atoms with Crippen molar-refractivity contribution in [3.63, 3.8) is 0 Å². The lowest BCUT2D eigenvalue weighted by Gasteiger charge is -2.35. The first-order valence-electron chi connectivity index (χ1n) is 10.9. The Bertz CT molecular complexity index is 1270. The zero-order valence-electron chi connectivity index (χ0n) is 19.2. The number of nitrogens with zero attached hydrogens (tertiary/aromatic N) is 1. The van der Waals surface area contributed by atoms with Gasteiger partial charge < -0.3 is 10.1 Å². The molecule has 1 unspecified atom stereocenters. The highest BCUT2D eigenvalue weighted by Crippen LogP contribution is 2.38. The maximum atomic E-state index is 13.5. The molecule has 0 radical (unpaired) electrons. The zero-order chi connectivity index (χ0) is 23.8. The van der Waals surface area contributed by atoms with Crippen LogP contribution in [-0.4, -0.2) is 27.0 Å². The number of fused-ring (bicyclic) bond motifs is 1. The summed E-state index contributed by atoms with van der Waals surface area (Å²) in [6.45, 7) is 7.87. The van der Waals surface area contributed by atoms with Crippen molar-refractivity contribution in [3.05, 3.63) is 83.4 Å². The lowest BCUT2D eigenvalue weighted by Crippen LogP contribution is -2.48. The van der Waals surface area contributed by atoms with Gasteiger partial charge in [0.25, 0.3) is 15.9 Å². The summed E-state index contributed by atoms with van der Waals surface area (Å²) in [4.78, 5) is 13.2. The second-order valence-electron chi connectivity index (χ2n) is 8.69. The van der Waals surface area contributed by atoms with E-state index in [1.54, 1.807) is 36.4 Å². The Balaban J connectivity index is 1.64. The molecule has 0 saturated carbocycles. The van der Waals surface area contributed by atoms with Gasteiger partial charge in [0.05, 0.1) is 17.1 Å². The summed E-state index contributed by atoms with van der Waals surface area (Å²) in [6.07, 6.45) is -0.995. The number of hydrogen-bond acceptors (Lipinski definition) is 4. The van der Waals surface area contributed by atoms with Crippen LogP contribution in [0.5, 0.6) is 5.75 Å². The van der Waals surface area contributed by atoms with Gasteiger partial charge in [0.1, 0.15) is 5.75 Å². The molecule has 1 amide bonds. The number of nitrogens with one attached hydrogen (secondary N) is 1. The van der Waals surface area contributed by atoms with Gasteiger partial charge in [-0.25, -0.2) is 8.42 Å². The van der Waals surface area contributed by atoms with E-state index in [1.165, 1.54) is 9.87 Å². The number of ether oxygens (including phenoxy) is 1. The number of sulfonamides is 1. The summed E-state index contributed by atoms with van der Waals surface area (Å²) >= 11 is 0. The molecule has 0 aromatic heterocycles. The van der Waals surface area contributed by atoms with Crippen molar-refractivity contribution >= 4 is 27.3 Å². The molecular weight excluding hydrogens is 436 g/mol. The molecule has 0 aliphatic carbocycles. The molecule has 1 N–H and O–H groups in total. The number of carbonyl (C=O) groups is 1. The third-order valence-electron chi connectivity index (χ3n) is 5.73. The minimum Gasteiger partial charge on any atom is -0.476 e. The molecule has 0 bridgehead atoms. The van der Waals surface area contributed by atoms with Gasteiger partial charge in [-0.1, -0.05) is 49.7 Å². The average molecular weight is 465 g/mol. The van der Waals surface area contributed by atoms with Crippen molar-refractivity contribution in [3.8, 4) is 5.75 Å². The first-order valence-corrected chi connectivity index (χ1v) is 12.4. The second kappa shape index (κ2) is 8.90. The van der Waals surface area contributed by atoms with Gasteiger partial charge in [-0.05, 0) is 67.3 Å². The molecule has 7 heteroatoms.